The maximum absolute atomic E-state index is 14.3. The molecular weight excluding hydrogens is 321 g/mol. The van der Waals surface area contributed by atoms with Crippen LogP contribution in [0.1, 0.15) is 24.0 Å². The summed E-state index contributed by atoms with van der Waals surface area (Å²) in [5.41, 5.74) is 1.58. The van der Waals surface area contributed by atoms with Gasteiger partial charge in [0.05, 0.1) is 11.7 Å². The Labute approximate surface area is 133 Å². The molecule has 0 heterocycles. The number of nitrogens with two attached hydrogens (primary N) is 1. The number of hydrogen-bond acceptors (Lipinski definition) is 3. The Hall–Kier alpha value is -2.25. The molecule has 1 atom stereocenters. The standard InChI is InChI=1S/C16H16FNO4S/c1-10(16(19)20)12-5-6-14(15(17)8-12)13-4-2-3-11(7-13)9-23(18,21)22/h2-8,10H,9H2,1H3,(H,19,20)(H2,18,21,22). The van der Waals surface area contributed by atoms with E-state index in [1.54, 1.807) is 30.3 Å². The number of rotatable bonds is 5. The minimum Gasteiger partial charge on any atom is -0.481 e. The number of sulfonamides is 1. The molecule has 0 spiro atoms. The van der Waals surface area contributed by atoms with Crippen LogP contribution in [-0.2, 0) is 20.6 Å². The van der Waals surface area contributed by atoms with Crippen LogP contribution in [0.3, 0.4) is 0 Å². The van der Waals surface area contributed by atoms with E-state index in [1.807, 2.05) is 0 Å². The fraction of sp³-hybridized carbons (Fsp3) is 0.188. The predicted octanol–water partition coefficient (Wildman–Crippen LogP) is 2.47. The van der Waals surface area contributed by atoms with E-state index in [9.17, 15) is 17.6 Å². The highest BCUT2D eigenvalue weighted by molar-refractivity contribution is 7.88. The Morgan fingerprint density at radius 2 is 1.96 bits per heavy atom. The number of primary sulfonamides is 1. The number of carbonyl (C=O) groups is 1. The van der Waals surface area contributed by atoms with Crippen molar-refractivity contribution in [1.82, 2.24) is 0 Å². The first-order valence-corrected chi connectivity index (χ1v) is 8.51. The minimum atomic E-state index is -3.67. The lowest BCUT2D eigenvalue weighted by Gasteiger charge is -2.10. The van der Waals surface area contributed by atoms with Crippen molar-refractivity contribution in [3.63, 3.8) is 0 Å². The Balaban J connectivity index is 2.39. The molecule has 0 amide bonds. The van der Waals surface area contributed by atoms with Crippen molar-refractivity contribution in [1.29, 1.82) is 0 Å². The maximum atomic E-state index is 14.3. The van der Waals surface area contributed by atoms with Crippen molar-refractivity contribution in [3.05, 3.63) is 59.4 Å². The summed E-state index contributed by atoms with van der Waals surface area (Å²) in [5, 5.41) is 14.0. The van der Waals surface area contributed by atoms with E-state index in [0.29, 0.717) is 16.7 Å². The summed E-state index contributed by atoms with van der Waals surface area (Å²) < 4.78 is 36.6. The van der Waals surface area contributed by atoms with Gasteiger partial charge in [0.2, 0.25) is 10.0 Å². The highest BCUT2D eigenvalue weighted by atomic mass is 32.2. The van der Waals surface area contributed by atoms with Crippen LogP contribution in [0.2, 0.25) is 0 Å². The van der Waals surface area contributed by atoms with Crippen molar-refractivity contribution >= 4 is 16.0 Å². The summed E-state index contributed by atoms with van der Waals surface area (Å²) in [6.07, 6.45) is 0. The molecule has 0 saturated heterocycles. The molecule has 2 aromatic rings. The van der Waals surface area contributed by atoms with Crippen molar-refractivity contribution in [2.75, 3.05) is 0 Å². The van der Waals surface area contributed by atoms with Crippen LogP contribution in [0.5, 0.6) is 0 Å². The van der Waals surface area contributed by atoms with Crippen LogP contribution in [0, 0.1) is 5.82 Å². The van der Waals surface area contributed by atoms with E-state index in [0.717, 1.165) is 0 Å². The number of benzene rings is 2. The van der Waals surface area contributed by atoms with Crippen molar-refractivity contribution < 1.29 is 22.7 Å². The zero-order chi connectivity index (χ0) is 17.2. The zero-order valence-corrected chi connectivity index (χ0v) is 13.2. The number of hydrogen-bond donors (Lipinski definition) is 2. The van der Waals surface area contributed by atoms with Crippen LogP contribution >= 0.6 is 0 Å². The van der Waals surface area contributed by atoms with Gasteiger partial charge in [-0.25, -0.2) is 17.9 Å². The topological polar surface area (TPSA) is 97.5 Å². The molecule has 2 rings (SSSR count). The summed E-state index contributed by atoms with van der Waals surface area (Å²) in [5.74, 6) is -2.75. The van der Waals surface area contributed by atoms with Gasteiger partial charge in [0.1, 0.15) is 5.82 Å². The number of carboxylic acids is 1. The second-order valence-electron chi connectivity index (χ2n) is 5.31. The molecule has 0 fully saturated rings. The van der Waals surface area contributed by atoms with E-state index < -0.39 is 27.7 Å². The summed E-state index contributed by atoms with van der Waals surface area (Å²) in [7, 11) is -3.67. The molecule has 0 aliphatic rings. The SMILES string of the molecule is CC(C(=O)O)c1ccc(-c2cccc(CS(N)(=O)=O)c2)c(F)c1. The molecule has 0 bridgehead atoms. The first kappa shape index (κ1) is 17.1. The van der Waals surface area contributed by atoms with Gasteiger partial charge >= 0.3 is 5.97 Å². The average Bonchev–Trinajstić information content (AvgIpc) is 2.44. The monoisotopic (exact) mass is 337 g/mol. The predicted molar refractivity (Wildman–Crippen MR) is 84.7 cm³/mol. The first-order chi connectivity index (χ1) is 10.7. The lowest BCUT2D eigenvalue weighted by molar-refractivity contribution is -0.138. The van der Waals surface area contributed by atoms with Gasteiger partial charge in [-0.2, -0.15) is 0 Å². The van der Waals surface area contributed by atoms with Gasteiger partial charge in [-0.05, 0) is 35.7 Å². The summed E-state index contributed by atoms with van der Waals surface area (Å²) in [4.78, 5) is 11.0. The number of halogens is 1. The molecular formula is C16H16FNO4S. The minimum absolute atomic E-state index is 0.266. The van der Waals surface area contributed by atoms with Gasteiger partial charge in [-0.1, -0.05) is 30.3 Å². The third-order valence-corrected chi connectivity index (χ3v) is 4.21. The summed E-state index contributed by atoms with van der Waals surface area (Å²) >= 11 is 0. The number of aliphatic carboxylic acids is 1. The zero-order valence-electron chi connectivity index (χ0n) is 12.4. The molecule has 122 valence electrons. The van der Waals surface area contributed by atoms with Crippen LogP contribution in [0.25, 0.3) is 11.1 Å². The fourth-order valence-electron chi connectivity index (χ4n) is 2.24. The molecule has 3 N–H and O–H groups in total. The smallest absolute Gasteiger partial charge is 0.310 e. The molecule has 1 unspecified atom stereocenters. The molecule has 2 aromatic carbocycles. The third kappa shape index (κ3) is 4.37. The Morgan fingerprint density at radius 3 is 2.52 bits per heavy atom. The summed E-state index contributed by atoms with van der Waals surface area (Å²) in [6, 6.07) is 10.6. The van der Waals surface area contributed by atoms with E-state index in [4.69, 9.17) is 10.2 Å². The number of carboxylic acid groups (broad SMARTS) is 1. The third-order valence-electron chi connectivity index (χ3n) is 3.47. The Morgan fingerprint density at radius 1 is 1.26 bits per heavy atom. The molecule has 7 heteroatoms. The van der Waals surface area contributed by atoms with E-state index in [1.165, 1.54) is 19.1 Å². The van der Waals surface area contributed by atoms with Crippen molar-refractivity contribution in [2.24, 2.45) is 5.14 Å². The van der Waals surface area contributed by atoms with E-state index >= 15 is 0 Å². The van der Waals surface area contributed by atoms with E-state index in [-0.39, 0.29) is 11.3 Å². The van der Waals surface area contributed by atoms with Gasteiger partial charge in [0, 0.05) is 5.56 Å². The highest BCUT2D eigenvalue weighted by Crippen LogP contribution is 2.27. The van der Waals surface area contributed by atoms with Gasteiger partial charge in [-0.15, -0.1) is 0 Å². The van der Waals surface area contributed by atoms with Crippen LogP contribution in [-0.4, -0.2) is 19.5 Å². The lowest BCUT2D eigenvalue weighted by Crippen LogP contribution is -2.14. The largest absolute Gasteiger partial charge is 0.481 e. The van der Waals surface area contributed by atoms with Gasteiger partial charge in [-0.3, -0.25) is 4.79 Å². The van der Waals surface area contributed by atoms with Crippen molar-refractivity contribution in [2.45, 2.75) is 18.6 Å². The average molecular weight is 337 g/mol. The maximum Gasteiger partial charge on any atom is 0.310 e. The lowest BCUT2D eigenvalue weighted by atomic mass is 9.96. The summed E-state index contributed by atoms with van der Waals surface area (Å²) in [6.45, 7) is 1.48. The van der Waals surface area contributed by atoms with Gasteiger partial charge in [0.15, 0.2) is 0 Å². The molecule has 0 aromatic heterocycles. The Kier molecular flexibility index (Phi) is 4.82. The van der Waals surface area contributed by atoms with Crippen LogP contribution in [0.4, 0.5) is 4.39 Å². The Bertz CT molecular complexity index is 849. The second kappa shape index (κ2) is 6.47. The molecule has 0 saturated carbocycles. The van der Waals surface area contributed by atoms with Gasteiger partial charge < -0.3 is 5.11 Å². The molecule has 0 radical (unpaired) electrons. The van der Waals surface area contributed by atoms with Gasteiger partial charge in [0.25, 0.3) is 0 Å². The molecule has 0 aliphatic heterocycles. The molecule has 0 aliphatic carbocycles. The highest BCUT2D eigenvalue weighted by Gasteiger charge is 2.16. The van der Waals surface area contributed by atoms with Crippen LogP contribution < -0.4 is 5.14 Å². The van der Waals surface area contributed by atoms with E-state index in [2.05, 4.69) is 0 Å². The quantitative estimate of drug-likeness (QED) is 0.876. The van der Waals surface area contributed by atoms with Crippen LogP contribution in [0.15, 0.2) is 42.5 Å². The second-order valence-corrected chi connectivity index (χ2v) is 6.92. The normalized spacial score (nSPS) is 12.8. The molecule has 5 nitrogen and oxygen atoms in total. The molecule has 23 heavy (non-hydrogen) atoms. The fourth-order valence-corrected chi connectivity index (χ4v) is 2.88. The first-order valence-electron chi connectivity index (χ1n) is 6.79. The van der Waals surface area contributed by atoms with Crippen molar-refractivity contribution in [3.8, 4) is 11.1 Å².